The Morgan fingerprint density at radius 2 is 1.69 bits per heavy atom. The molecule has 2 heterocycles. The van der Waals surface area contributed by atoms with Crippen molar-refractivity contribution in [2.75, 3.05) is 13.2 Å². The van der Waals surface area contributed by atoms with Crippen molar-refractivity contribution >= 4 is 0 Å². The molecule has 1 aliphatic heterocycles. The van der Waals surface area contributed by atoms with E-state index in [4.69, 9.17) is 14.2 Å². The highest BCUT2D eigenvalue weighted by molar-refractivity contribution is 5.59. The van der Waals surface area contributed by atoms with E-state index in [0.29, 0.717) is 18.7 Å². The molecule has 1 saturated heterocycles. The van der Waals surface area contributed by atoms with Crippen molar-refractivity contribution in [1.29, 1.82) is 0 Å². The maximum absolute atomic E-state index is 13.4. The highest BCUT2D eigenvalue weighted by Gasteiger charge is 2.43. The summed E-state index contributed by atoms with van der Waals surface area (Å²) < 4.78 is 55.7. The highest BCUT2D eigenvalue weighted by atomic mass is 19.4. The molecule has 1 aromatic heterocycles. The summed E-state index contributed by atoms with van der Waals surface area (Å²) in [4.78, 5) is 0. The smallest absolute Gasteiger partial charge is 0.418 e. The van der Waals surface area contributed by atoms with Crippen molar-refractivity contribution in [2.24, 2.45) is 0 Å². The fourth-order valence-corrected chi connectivity index (χ4v) is 4.05. The number of aryl methyl sites for hydroxylation is 1. The second-order valence-corrected chi connectivity index (χ2v) is 9.10. The van der Waals surface area contributed by atoms with Gasteiger partial charge in [-0.25, -0.2) is 0 Å². The molecule has 0 saturated carbocycles. The number of rotatable bonds is 14. The average Bonchev–Trinajstić information content (AvgIpc) is 2.87. The van der Waals surface area contributed by atoms with Gasteiger partial charge in [-0.05, 0) is 43.7 Å². The maximum Gasteiger partial charge on any atom is 0.418 e. The van der Waals surface area contributed by atoms with Gasteiger partial charge in [-0.3, -0.25) is 0 Å². The number of hydrogen-bond donors (Lipinski definition) is 0. The Hall–Kier alpha value is -2.19. The van der Waals surface area contributed by atoms with E-state index >= 15 is 0 Å². The molecule has 8 heteroatoms. The summed E-state index contributed by atoms with van der Waals surface area (Å²) in [6.07, 6.45) is 4.60. The number of nitrogens with zero attached hydrogens (tertiary/aromatic N) is 2. The van der Waals surface area contributed by atoms with Crippen molar-refractivity contribution in [3.8, 4) is 17.1 Å². The van der Waals surface area contributed by atoms with E-state index < -0.39 is 25.2 Å². The lowest BCUT2D eigenvalue weighted by atomic mass is 10.0. The van der Waals surface area contributed by atoms with Crippen LogP contribution in [0.5, 0.6) is 5.88 Å². The second kappa shape index (κ2) is 14.4. The van der Waals surface area contributed by atoms with Crippen LogP contribution < -0.4 is 4.74 Å². The van der Waals surface area contributed by atoms with Gasteiger partial charge in [0, 0.05) is 18.2 Å². The minimum absolute atomic E-state index is 0.0201. The van der Waals surface area contributed by atoms with Gasteiger partial charge in [-0.1, -0.05) is 69.7 Å². The molecular weight excluding hydrogens is 457 g/mol. The molecule has 1 fully saturated rings. The summed E-state index contributed by atoms with van der Waals surface area (Å²) in [5, 5.41) is 8.07. The molecular formula is C27H37F3N2O3. The van der Waals surface area contributed by atoms with E-state index in [1.807, 2.05) is 12.1 Å². The molecule has 1 aliphatic rings. The van der Waals surface area contributed by atoms with Crippen molar-refractivity contribution in [1.82, 2.24) is 10.2 Å². The van der Waals surface area contributed by atoms with Gasteiger partial charge >= 0.3 is 6.18 Å². The summed E-state index contributed by atoms with van der Waals surface area (Å²) in [7, 11) is 0. The monoisotopic (exact) mass is 494 g/mol. The van der Waals surface area contributed by atoms with Crippen LogP contribution in [-0.4, -0.2) is 42.0 Å². The number of ether oxygens (including phenoxy) is 3. The van der Waals surface area contributed by atoms with Crippen LogP contribution in [0.25, 0.3) is 11.3 Å². The largest absolute Gasteiger partial charge is 0.473 e. The molecule has 0 spiro atoms. The fraction of sp³-hybridized carbons (Fsp3) is 0.630. The predicted molar refractivity (Wildman–Crippen MR) is 129 cm³/mol. The summed E-state index contributed by atoms with van der Waals surface area (Å²) in [5.74, 6) is 0.0201. The summed E-state index contributed by atoms with van der Waals surface area (Å²) in [5.41, 5.74) is 2.83. The summed E-state index contributed by atoms with van der Waals surface area (Å²) in [6.45, 7) is 1.93. The third-order valence-electron chi connectivity index (χ3n) is 6.16. The molecule has 0 amide bonds. The third kappa shape index (κ3) is 9.76. The molecule has 5 nitrogen and oxygen atoms in total. The molecule has 1 aromatic carbocycles. The molecule has 2 unspecified atom stereocenters. The van der Waals surface area contributed by atoms with E-state index in [0.717, 1.165) is 24.8 Å². The molecule has 0 bridgehead atoms. The van der Waals surface area contributed by atoms with E-state index in [1.165, 1.54) is 56.6 Å². The van der Waals surface area contributed by atoms with Gasteiger partial charge in [0.25, 0.3) is 0 Å². The molecule has 0 radical (unpaired) electrons. The van der Waals surface area contributed by atoms with Gasteiger partial charge in [-0.2, -0.15) is 13.2 Å². The normalized spacial score (nSPS) is 17.3. The van der Waals surface area contributed by atoms with Gasteiger partial charge in [0.15, 0.2) is 12.4 Å². The molecule has 194 valence electrons. The van der Waals surface area contributed by atoms with Crippen molar-refractivity contribution in [3.05, 3.63) is 42.0 Å². The number of halogens is 3. The lowest BCUT2D eigenvalue weighted by Gasteiger charge is -2.28. The number of alkyl halides is 3. The van der Waals surface area contributed by atoms with E-state index in [9.17, 15) is 13.2 Å². The van der Waals surface area contributed by atoms with Crippen molar-refractivity contribution in [2.45, 2.75) is 96.1 Å². The Kier molecular flexibility index (Phi) is 11.3. The van der Waals surface area contributed by atoms with Crippen LogP contribution in [0.4, 0.5) is 13.2 Å². The molecule has 2 aromatic rings. The van der Waals surface area contributed by atoms with Gasteiger partial charge < -0.3 is 14.2 Å². The number of hydrogen-bond acceptors (Lipinski definition) is 5. The first-order valence-electron chi connectivity index (χ1n) is 12.9. The molecule has 0 aliphatic carbocycles. The van der Waals surface area contributed by atoms with Crippen LogP contribution in [0.15, 0.2) is 36.4 Å². The average molecular weight is 495 g/mol. The first-order chi connectivity index (χ1) is 17.0. The Morgan fingerprint density at radius 3 is 2.31 bits per heavy atom. The first-order valence-corrected chi connectivity index (χ1v) is 12.9. The van der Waals surface area contributed by atoms with Gasteiger partial charge in [0.1, 0.15) is 6.61 Å². The molecule has 3 rings (SSSR count). The molecule has 0 N–H and O–H groups in total. The first kappa shape index (κ1) is 27.4. The lowest BCUT2D eigenvalue weighted by molar-refractivity contribution is -0.283. The number of benzene rings is 1. The zero-order valence-electron chi connectivity index (χ0n) is 20.6. The van der Waals surface area contributed by atoms with Crippen LogP contribution in [0, 0.1) is 0 Å². The zero-order valence-corrected chi connectivity index (χ0v) is 20.6. The topological polar surface area (TPSA) is 53.5 Å². The van der Waals surface area contributed by atoms with E-state index in [1.54, 1.807) is 6.07 Å². The van der Waals surface area contributed by atoms with Crippen LogP contribution in [0.3, 0.4) is 0 Å². The molecule has 35 heavy (non-hydrogen) atoms. The Labute approximate surface area is 206 Å². The third-order valence-corrected chi connectivity index (χ3v) is 6.16. The second-order valence-electron chi connectivity index (χ2n) is 9.10. The lowest BCUT2D eigenvalue weighted by Crippen LogP contribution is -2.41. The minimum Gasteiger partial charge on any atom is -0.473 e. The Morgan fingerprint density at radius 1 is 0.943 bits per heavy atom. The van der Waals surface area contributed by atoms with E-state index in [-0.39, 0.29) is 5.88 Å². The van der Waals surface area contributed by atoms with Gasteiger partial charge in [-0.15, -0.1) is 10.2 Å². The number of aromatic nitrogens is 2. The van der Waals surface area contributed by atoms with Crippen LogP contribution in [0.2, 0.25) is 0 Å². The van der Waals surface area contributed by atoms with Crippen molar-refractivity contribution < 1.29 is 27.4 Å². The minimum atomic E-state index is -4.56. The highest BCUT2D eigenvalue weighted by Crippen LogP contribution is 2.27. The zero-order chi connectivity index (χ0) is 24.9. The fourth-order valence-electron chi connectivity index (χ4n) is 4.05. The van der Waals surface area contributed by atoms with Gasteiger partial charge in [0.05, 0.1) is 5.69 Å². The summed E-state index contributed by atoms with van der Waals surface area (Å²) >= 11 is 0. The van der Waals surface area contributed by atoms with Gasteiger partial charge in [0.2, 0.25) is 5.88 Å². The standard InChI is InChI=1S/C27H37F3N2O3/c1-2-3-4-5-6-7-8-11-21-13-15-22(16-14-21)23-17-18-25(32-31-23)34-20-24(27(28,29)30)35-26-12-9-10-19-33-26/h13-18,24,26H,2-12,19-20H2,1H3. The maximum atomic E-state index is 13.4. The Bertz CT molecular complexity index is 838. The van der Waals surface area contributed by atoms with Crippen LogP contribution in [0.1, 0.15) is 76.7 Å². The quantitative estimate of drug-likeness (QED) is 0.258. The SMILES string of the molecule is CCCCCCCCCc1ccc(-c2ccc(OCC(OC3CCCCO3)C(F)(F)F)nn2)cc1. The van der Waals surface area contributed by atoms with Crippen molar-refractivity contribution in [3.63, 3.8) is 0 Å². The molecule has 2 atom stereocenters. The van der Waals surface area contributed by atoms with E-state index in [2.05, 4.69) is 29.3 Å². The summed E-state index contributed by atoms with van der Waals surface area (Å²) in [6, 6.07) is 11.4. The van der Waals surface area contributed by atoms with Crippen LogP contribution in [-0.2, 0) is 15.9 Å². The Balaban J connectivity index is 1.45. The predicted octanol–water partition coefficient (Wildman–Crippen LogP) is 7.29. The van der Waals surface area contributed by atoms with Crippen LogP contribution >= 0.6 is 0 Å². The number of unbranched alkanes of at least 4 members (excludes halogenated alkanes) is 6.